The second-order valence-electron chi connectivity index (χ2n) is 6.00. The van der Waals surface area contributed by atoms with Crippen molar-refractivity contribution in [3.05, 3.63) is 59.2 Å². The number of carboxylic acid groups (broad SMARTS) is 1. The van der Waals surface area contributed by atoms with Crippen LogP contribution in [-0.4, -0.2) is 31.2 Å². The molecule has 6 heteroatoms. The summed E-state index contributed by atoms with van der Waals surface area (Å²) in [6, 6.07) is 11.8. The van der Waals surface area contributed by atoms with E-state index in [2.05, 4.69) is 5.32 Å². The summed E-state index contributed by atoms with van der Waals surface area (Å²) in [6.07, 6.45) is 0. The fraction of sp³-hybridized carbons (Fsp3) is 0.263. The van der Waals surface area contributed by atoms with Crippen molar-refractivity contribution in [2.24, 2.45) is 0 Å². The van der Waals surface area contributed by atoms with E-state index in [1.165, 1.54) is 25.3 Å². The number of ether oxygens (including phenoxy) is 2. The largest absolute Gasteiger partial charge is 0.497 e. The van der Waals surface area contributed by atoms with Crippen LogP contribution in [0.5, 0.6) is 11.5 Å². The van der Waals surface area contributed by atoms with Gasteiger partial charge in [-0.3, -0.25) is 4.79 Å². The summed E-state index contributed by atoms with van der Waals surface area (Å²) in [6.45, 7) is 3.71. The third-order valence-electron chi connectivity index (χ3n) is 3.91. The van der Waals surface area contributed by atoms with Gasteiger partial charge in [0, 0.05) is 0 Å². The topological polar surface area (TPSA) is 84.9 Å². The maximum absolute atomic E-state index is 12.7. The number of nitrogens with one attached hydrogen (secondary N) is 1. The zero-order valence-electron chi connectivity index (χ0n) is 14.6. The van der Waals surface area contributed by atoms with Gasteiger partial charge in [-0.1, -0.05) is 18.2 Å². The van der Waals surface area contributed by atoms with Crippen LogP contribution in [0, 0.1) is 0 Å². The number of rotatable bonds is 6. The highest BCUT2D eigenvalue weighted by molar-refractivity contribution is 6.02. The molecule has 2 aromatic carbocycles. The highest BCUT2D eigenvalue weighted by atomic mass is 16.5. The molecule has 0 bridgehead atoms. The average Bonchev–Trinajstić information content (AvgIpc) is 2.60. The number of amides is 1. The molecule has 0 fully saturated rings. The Morgan fingerprint density at radius 2 is 1.64 bits per heavy atom. The molecule has 6 nitrogen and oxygen atoms in total. The molecular formula is C19H21NO5. The second kappa shape index (κ2) is 7.25. The van der Waals surface area contributed by atoms with Gasteiger partial charge >= 0.3 is 5.97 Å². The van der Waals surface area contributed by atoms with Gasteiger partial charge in [0.1, 0.15) is 17.1 Å². The van der Waals surface area contributed by atoms with Crippen molar-refractivity contribution < 1.29 is 24.2 Å². The highest BCUT2D eigenvalue weighted by Gasteiger charge is 2.27. The minimum atomic E-state index is -1.15. The van der Waals surface area contributed by atoms with Gasteiger partial charge in [-0.25, -0.2) is 4.79 Å². The fourth-order valence-corrected chi connectivity index (χ4v) is 2.54. The minimum absolute atomic E-state index is 0.0361. The van der Waals surface area contributed by atoms with Crippen molar-refractivity contribution in [2.75, 3.05) is 14.2 Å². The molecule has 2 N–H and O–H groups in total. The van der Waals surface area contributed by atoms with E-state index in [1.54, 1.807) is 7.11 Å². The van der Waals surface area contributed by atoms with E-state index in [9.17, 15) is 14.7 Å². The van der Waals surface area contributed by atoms with Gasteiger partial charge in [-0.2, -0.15) is 0 Å². The van der Waals surface area contributed by atoms with Gasteiger partial charge in [-0.15, -0.1) is 0 Å². The summed E-state index contributed by atoms with van der Waals surface area (Å²) in [4.78, 5) is 24.0. The summed E-state index contributed by atoms with van der Waals surface area (Å²) in [5.41, 5.74) is 0.261. The number of methoxy groups -OCH3 is 2. The third-order valence-corrected chi connectivity index (χ3v) is 3.91. The maximum Gasteiger partial charge on any atom is 0.339 e. The molecule has 0 spiro atoms. The van der Waals surface area contributed by atoms with Crippen LogP contribution in [0.25, 0.3) is 0 Å². The smallest absolute Gasteiger partial charge is 0.339 e. The van der Waals surface area contributed by atoms with Crippen LogP contribution >= 0.6 is 0 Å². The number of carbonyl (C=O) groups excluding carboxylic acids is 1. The first-order valence-corrected chi connectivity index (χ1v) is 7.67. The zero-order chi connectivity index (χ0) is 18.6. The van der Waals surface area contributed by atoms with Gasteiger partial charge in [-0.05, 0) is 43.7 Å². The first-order valence-electron chi connectivity index (χ1n) is 7.67. The van der Waals surface area contributed by atoms with Crippen LogP contribution in [0.1, 0.15) is 40.1 Å². The van der Waals surface area contributed by atoms with E-state index in [0.29, 0.717) is 5.75 Å². The number of benzene rings is 2. The molecule has 0 aliphatic carbocycles. The average molecular weight is 343 g/mol. The zero-order valence-corrected chi connectivity index (χ0v) is 14.6. The Labute approximate surface area is 146 Å². The third kappa shape index (κ3) is 3.91. The first kappa shape index (κ1) is 18.3. The van der Waals surface area contributed by atoms with Crippen molar-refractivity contribution in [2.45, 2.75) is 19.4 Å². The minimum Gasteiger partial charge on any atom is -0.497 e. The number of carbonyl (C=O) groups is 2. The molecule has 0 aromatic heterocycles. The SMILES string of the molecule is COc1cccc(C(C)(C)NC(=O)c2cccc(C(=O)O)c2OC)c1. The number of aromatic carboxylic acids is 1. The molecule has 132 valence electrons. The molecule has 0 atom stereocenters. The van der Waals surface area contributed by atoms with Gasteiger partial charge in [0.05, 0.1) is 25.3 Å². The van der Waals surface area contributed by atoms with E-state index < -0.39 is 17.4 Å². The first-order chi connectivity index (χ1) is 11.8. The second-order valence-corrected chi connectivity index (χ2v) is 6.00. The van der Waals surface area contributed by atoms with Crippen LogP contribution < -0.4 is 14.8 Å². The molecular weight excluding hydrogens is 322 g/mol. The summed E-state index contributed by atoms with van der Waals surface area (Å²) in [5, 5.41) is 12.2. The van der Waals surface area contributed by atoms with Crippen LogP contribution in [-0.2, 0) is 5.54 Å². The van der Waals surface area contributed by atoms with Crippen LogP contribution in [0.4, 0.5) is 0 Å². The predicted octanol–water partition coefficient (Wildman–Crippen LogP) is 3.07. The van der Waals surface area contributed by atoms with E-state index >= 15 is 0 Å². The number of hydrogen-bond donors (Lipinski definition) is 2. The molecule has 0 aliphatic rings. The lowest BCUT2D eigenvalue weighted by Crippen LogP contribution is -2.41. The maximum atomic E-state index is 12.7. The highest BCUT2D eigenvalue weighted by Crippen LogP contribution is 2.27. The van der Waals surface area contributed by atoms with Gasteiger partial charge in [0.25, 0.3) is 5.91 Å². The summed E-state index contributed by atoms with van der Waals surface area (Å²) >= 11 is 0. The monoisotopic (exact) mass is 343 g/mol. The summed E-state index contributed by atoms with van der Waals surface area (Å²) < 4.78 is 10.4. The lowest BCUT2D eigenvalue weighted by molar-refractivity contribution is 0.0693. The van der Waals surface area contributed by atoms with Gasteiger partial charge in [0.2, 0.25) is 0 Å². The molecule has 0 radical (unpaired) electrons. The molecule has 0 unspecified atom stereocenters. The summed E-state index contributed by atoms with van der Waals surface area (Å²) in [7, 11) is 2.92. The van der Waals surface area contributed by atoms with Gasteiger partial charge in [0.15, 0.2) is 0 Å². The van der Waals surface area contributed by atoms with E-state index in [1.807, 2.05) is 38.1 Å². The van der Waals surface area contributed by atoms with Crippen molar-refractivity contribution in [1.82, 2.24) is 5.32 Å². The van der Waals surface area contributed by atoms with Gasteiger partial charge < -0.3 is 19.9 Å². The van der Waals surface area contributed by atoms with E-state index in [4.69, 9.17) is 9.47 Å². The van der Waals surface area contributed by atoms with E-state index in [0.717, 1.165) is 5.56 Å². The van der Waals surface area contributed by atoms with Crippen molar-refractivity contribution >= 4 is 11.9 Å². The quantitative estimate of drug-likeness (QED) is 0.842. The number of hydrogen-bond acceptors (Lipinski definition) is 4. The molecule has 0 saturated carbocycles. The van der Waals surface area contributed by atoms with Crippen molar-refractivity contribution in [1.29, 1.82) is 0 Å². The Bertz CT molecular complexity index is 798. The molecule has 2 rings (SSSR count). The predicted molar refractivity (Wildman–Crippen MR) is 93.4 cm³/mol. The number of para-hydroxylation sites is 1. The van der Waals surface area contributed by atoms with Crippen LogP contribution in [0.2, 0.25) is 0 Å². The van der Waals surface area contributed by atoms with Crippen molar-refractivity contribution in [3.8, 4) is 11.5 Å². The van der Waals surface area contributed by atoms with Crippen molar-refractivity contribution in [3.63, 3.8) is 0 Å². The molecule has 25 heavy (non-hydrogen) atoms. The standard InChI is InChI=1S/C19H21NO5/c1-19(2,12-7-5-8-13(11-12)24-3)20-17(21)14-9-6-10-15(18(22)23)16(14)25-4/h5-11H,1-4H3,(H,20,21)(H,22,23). The lowest BCUT2D eigenvalue weighted by atomic mass is 9.93. The number of carboxylic acids is 1. The Morgan fingerprint density at radius 1 is 1.00 bits per heavy atom. The molecule has 0 aliphatic heterocycles. The molecule has 0 saturated heterocycles. The fourth-order valence-electron chi connectivity index (χ4n) is 2.54. The Hall–Kier alpha value is -3.02. The molecule has 2 aromatic rings. The Balaban J connectivity index is 2.35. The normalized spacial score (nSPS) is 10.9. The summed E-state index contributed by atoms with van der Waals surface area (Å²) in [5.74, 6) is -0.856. The van der Waals surface area contributed by atoms with E-state index in [-0.39, 0.29) is 16.9 Å². The van der Waals surface area contributed by atoms with Crippen LogP contribution in [0.3, 0.4) is 0 Å². The Kier molecular flexibility index (Phi) is 5.32. The Morgan fingerprint density at radius 3 is 2.24 bits per heavy atom. The molecule has 1 amide bonds. The molecule has 0 heterocycles. The lowest BCUT2D eigenvalue weighted by Gasteiger charge is -2.27. The van der Waals surface area contributed by atoms with Crippen LogP contribution in [0.15, 0.2) is 42.5 Å².